The maximum absolute atomic E-state index is 12.6. The number of hydrogen-bond donors (Lipinski definition) is 1. The molecule has 2 aromatic heterocycles. The Hall–Kier alpha value is -3.14. The number of benzene rings is 2. The maximum Gasteiger partial charge on any atom is 0.573 e. The van der Waals surface area contributed by atoms with E-state index < -0.39 is 12.1 Å². The minimum atomic E-state index is -4.85. The van der Waals surface area contributed by atoms with Crippen LogP contribution < -0.4 is 10.1 Å². The SMILES string of the molecule is Cn1cnc2c3nc(Nc4cc(C=O)ccc4OC(F)(F)F)sc3ccc21. The van der Waals surface area contributed by atoms with Gasteiger partial charge in [0.25, 0.3) is 0 Å². The van der Waals surface area contributed by atoms with Crippen LogP contribution in [0.4, 0.5) is 24.0 Å². The van der Waals surface area contributed by atoms with E-state index in [-0.39, 0.29) is 11.3 Å². The van der Waals surface area contributed by atoms with Gasteiger partial charge in [-0.15, -0.1) is 13.2 Å². The van der Waals surface area contributed by atoms with Gasteiger partial charge < -0.3 is 14.6 Å². The van der Waals surface area contributed by atoms with Crippen LogP contribution in [0.3, 0.4) is 0 Å². The van der Waals surface area contributed by atoms with E-state index >= 15 is 0 Å². The lowest BCUT2D eigenvalue weighted by atomic mass is 10.2. The molecule has 0 saturated heterocycles. The number of anilines is 2. The smallest absolute Gasteiger partial charge is 0.404 e. The number of alkyl halides is 3. The summed E-state index contributed by atoms with van der Waals surface area (Å²) in [5.41, 5.74) is 2.44. The monoisotopic (exact) mass is 392 g/mol. The van der Waals surface area contributed by atoms with Gasteiger partial charge in [0.05, 0.1) is 22.2 Å². The average Bonchev–Trinajstić information content (AvgIpc) is 3.18. The molecule has 0 aliphatic heterocycles. The fraction of sp³-hybridized carbons (Fsp3) is 0.118. The average molecular weight is 392 g/mol. The highest BCUT2D eigenvalue weighted by Gasteiger charge is 2.32. The lowest BCUT2D eigenvalue weighted by molar-refractivity contribution is -0.274. The molecule has 2 aromatic carbocycles. The number of rotatable bonds is 4. The summed E-state index contributed by atoms with van der Waals surface area (Å²) in [5.74, 6) is -0.449. The molecule has 2 heterocycles. The molecular formula is C17H11F3N4O2S. The van der Waals surface area contributed by atoms with E-state index in [0.717, 1.165) is 16.3 Å². The van der Waals surface area contributed by atoms with Gasteiger partial charge >= 0.3 is 6.36 Å². The van der Waals surface area contributed by atoms with Crippen LogP contribution in [0.25, 0.3) is 21.3 Å². The summed E-state index contributed by atoms with van der Waals surface area (Å²) in [6, 6.07) is 7.38. The van der Waals surface area contributed by atoms with Crippen molar-refractivity contribution in [3.8, 4) is 5.75 Å². The predicted octanol–water partition coefficient (Wildman–Crippen LogP) is 4.64. The van der Waals surface area contributed by atoms with Crippen LogP contribution in [0, 0.1) is 0 Å². The Morgan fingerprint density at radius 1 is 1.22 bits per heavy atom. The number of ether oxygens (including phenoxy) is 1. The fourth-order valence-corrected chi connectivity index (χ4v) is 3.57. The second-order valence-corrected chi connectivity index (χ2v) is 6.73. The molecular weight excluding hydrogens is 381 g/mol. The van der Waals surface area contributed by atoms with Crippen molar-refractivity contribution < 1.29 is 22.7 Å². The van der Waals surface area contributed by atoms with E-state index in [2.05, 4.69) is 20.0 Å². The van der Waals surface area contributed by atoms with Crippen LogP contribution >= 0.6 is 11.3 Å². The van der Waals surface area contributed by atoms with Crippen LogP contribution in [0.1, 0.15) is 10.4 Å². The Bertz CT molecular complexity index is 1170. The van der Waals surface area contributed by atoms with Gasteiger partial charge in [0.15, 0.2) is 10.9 Å². The zero-order chi connectivity index (χ0) is 19.2. The zero-order valence-corrected chi connectivity index (χ0v) is 14.6. The van der Waals surface area contributed by atoms with Gasteiger partial charge in [-0.05, 0) is 30.3 Å². The maximum atomic E-state index is 12.6. The molecule has 0 radical (unpaired) electrons. The zero-order valence-electron chi connectivity index (χ0n) is 13.7. The first-order chi connectivity index (χ1) is 12.8. The highest BCUT2D eigenvalue weighted by Crippen LogP contribution is 2.36. The number of carbonyl (C=O) groups excluding carboxylic acids is 1. The predicted molar refractivity (Wildman–Crippen MR) is 95.7 cm³/mol. The third-order valence-corrected chi connectivity index (χ3v) is 4.80. The molecule has 0 amide bonds. The normalized spacial score (nSPS) is 11.9. The van der Waals surface area contributed by atoms with Crippen molar-refractivity contribution >= 4 is 49.7 Å². The molecule has 27 heavy (non-hydrogen) atoms. The molecule has 0 aliphatic rings. The van der Waals surface area contributed by atoms with Gasteiger partial charge in [0.2, 0.25) is 0 Å². The highest BCUT2D eigenvalue weighted by molar-refractivity contribution is 7.22. The first kappa shape index (κ1) is 17.3. The number of aryl methyl sites for hydroxylation is 1. The number of aldehydes is 1. The minimum Gasteiger partial charge on any atom is -0.404 e. The molecule has 0 atom stereocenters. The summed E-state index contributed by atoms with van der Waals surface area (Å²) in [4.78, 5) is 19.8. The second-order valence-electron chi connectivity index (χ2n) is 5.70. The van der Waals surface area contributed by atoms with Crippen molar-refractivity contribution in [1.82, 2.24) is 14.5 Å². The first-order valence-electron chi connectivity index (χ1n) is 7.66. The van der Waals surface area contributed by atoms with Gasteiger partial charge in [-0.1, -0.05) is 11.3 Å². The third-order valence-electron chi connectivity index (χ3n) is 3.86. The molecule has 0 spiro atoms. The molecule has 10 heteroatoms. The van der Waals surface area contributed by atoms with Gasteiger partial charge in [-0.25, -0.2) is 9.97 Å². The van der Waals surface area contributed by atoms with Crippen LogP contribution in [-0.4, -0.2) is 27.2 Å². The van der Waals surface area contributed by atoms with E-state index in [1.807, 2.05) is 23.7 Å². The van der Waals surface area contributed by atoms with E-state index in [9.17, 15) is 18.0 Å². The summed E-state index contributed by atoms with van der Waals surface area (Å²) in [5, 5.41) is 3.18. The molecule has 0 bridgehead atoms. The Kier molecular flexibility index (Phi) is 3.99. The number of nitrogens with zero attached hydrogens (tertiary/aromatic N) is 3. The molecule has 0 aliphatic carbocycles. The van der Waals surface area contributed by atoms with Crippen LogP contribution in [0.5, 0.6) is 5.75 Å². The number of halogens is 3. The van der Waals surface area contributed by atoms with Crippen LogP contribution in [0.2, 0.25) is 0 Å². The number of nitrogens with one attached hydrogen (secondary N) is 1. The number of carbonyl (C=O) groups is 1. The van der Waals surface area contributed by atoms with Crippen molar-refractivity contribution in [3.05, 3.63) is 42.2 Å². The second kappa shape index (κ2) is 6.23. The summed E-state index contributed by atoms with van der Waals surface area (Å²) in [7, 11) is 1.86. The molecule has 1 N–H and O–H groups in total. The van der Waals surface area contributed by atoms with Crippen molar-refractivity contribution in [2.75, 3.05) is 5.32 Å². The van der Waals surface area contributed by atoms with E-state index in [4.69, 9.17) is 0 Å². The summed E-state index contributed by atoms with van der Waals surface area (Å²) < 4.78 is 44.6. The van der Waals surface area contributed by atoms with Crippen molar-refractivity contribution in [2.24, 2.45) is 7.05 Å². The molecule has 138 valence electrons. The summed E-state index contributed by atoms with van der Waals surface area (Å²) in [6.07, 6.45) is -2.65. The highest BCUT2D eigenvalue weighted by atomic mass is 32.1. The van der Waals surface area contributed by atoms with Crippen LogP contribution in [0.15, 0.2) is 36.7 Å². The number of thiazole rings is 1. The van der Waals surface area contributed by atoms with Gasteiger partial charge in [0, 0.05) is 12.6 Å². The Morgan fingerprint density at radius 3 is 2.78 bits per heavy atom. The van der Waals surface area contributed by atoms with E-state index in [1.54, 1.807) is 6.33 Å². The number of hydrogen-bond acceptors (Lipinski definition) is 6. The largest absolute Gasteiger partial charge is 0.573 e. The molecule has 0 saturated carbocycles. The van der Waals surface area contributed by atoms with E-state index in [0.29, 0.717) is 22.5 Å². The molecule has 0 unspecified atom stereocenters. The summed E-state index contributed by atoms with van der Waals surface area (Å²) >= 11 is 1.26. The number of aromatic nitrogens is 3. The van der Waals surface area contributed by atoms with Crippen LogP contribution in [-0.2, 0) is 7.05 Å². The minimum absolute atomic E-state index is 0.00625. The standard InChI is InChI=1S/C17H11F3N4O2S/c1-24-8-21-14-11(24)3-5-13-15(14)23-16(27-13)22-10-6-9(7-25)2-4-12(10)26-17(18,19)20/h2-8H,1H3,(H,22,23). The Morgan fingerprint density at radius 2 is 2.04 bits per heavy atom. The lowest BCUT2D eigenvalue weighted by Crippen LogP contribution is -2.18. The van der Waals surface area contributed by atoms with E-state index in [1.165, 1.54) is 23.5 Å². The number of fused-ring (bicyclic) bond motifs is 3. The molecule has 0 fully saturated rings. The molecule has 6 nitrogen and oxygen atoms in total. The third kappa shape index (κ3) is 3.31. The van der Waals surface area contributed by atoms with Gasteiger partial charge in [-0.3, -0.25) is 4.79 Å². The van der Waals surface area contributed by atoms with Crippen molar-refractivity contribution in [3.63, 3.8) is 0 Å². The van der Waals surface area contributed by atoms with Crippen molar-refractivity contribution in [2.45, 2.75) is 6.36 Å². The molecule has 4 rings (SSSR count). The molecule has 4 aromatic rings. The summed E-state index contributed by atoms with van der Waals surface area (Å²) in [6.45, 7) is 0. The fourth-order valence-electron chi connectivity index (χ4n) is 2.69. The van der Waals surface area contributed by atoms with Gasteiger partial charge in [-0.2, -0.15) is 0 Å². The van der Waals surface area contributed by atoms with Gasteiger partial charge in [0.1, 0.15) is 17.3 Å². The number of imidazole rings is 1. The quantitative estimate of drug-likeness (QED) is 0.513. The lowest BCUT2D eigenvalue weighted by Gasteiger charge is -2.13. The Balaban J connectivity index is 1.77. The van der Waals surface area contributed by atoms with Crippen molar-refractivity contribution in [1.29, 1.82) is 0 Å². The first-order valence-corrected chi connectivity index (χ1v) is 8.48. The topological polar surface area (TPSA) is 69.0 Å². The Labute approximate surface area is 154 Å².